The molecule has 4 aromatic rings. The summed E-state index contributed by atoms with van der Waals surface area (Å²) in [6.45, 7) is 2.19. The van der Waals surface area contributed by atoms with Crippen molar-refractivity contribution in [1.82, 2.24) is 0 Å². The molecule has 0 saturated heterocycles. The first-order chi connectivity index (χ1) is 17.5. The number of para-hydroxylation sites is 1. The second kappa shape index (κ2) is 9.20. The Morgan fingerprint density at radius 1 is 0.973 bits per heavy atom. The third-order valence-corrected chi connectivity index (χ3v) is 6.45. The zero-order valence-electron chi connectivity index (χ0n) is 19.5. The van der Waals surface area contributed by atoms with Gasteiger partial charge in [-0.15, -0.1) is 0 Å². The predicted octanol–water partition coefficient (Wildman–Crippen LogP) is 5.63. The summed E-state index contributed by atoms with van der Waals surface area (Å²) in [5.74, 6) is -0.246. The Hall–Kier alpha value is -3.89. The first-order valence-electron chi connectivity index (χ1n) is 11.4. The van der Waals surface area contributed by atoms with E-state index < -0.39 is 35.3 Å². The minimum absolute atomic E-state index is 0.0281. The minimum atomic E-state index is -4.71. The van der Waals surface area contributed by atoms with Gasteiger partial charge in [-0.2, -0.15) is 13.2 Å². The number of aliphatic hydroxyl groups excluding tert-OH is 1. The molecule has 1 aromatic heterocycles. The third-order valence-electron chi connectivity index (χ3n) is 6.45. The molecule has 2 heterocycles. The average Bonchev–Trinajstić information content (AvgIpc) is 3.26. The highest BCUT2D eigenvalue weighted by Crippen LogP contribution is 2.38. The van der Waals surface area contributed by atoms with Crippen LogP contribution in [-0.2, 0) is 19.3 Å². The Kier molecular flexibility index (Phi) is 6.17. The molecule has 1 aliphatic rings. The largest absolute Gasteiger partial charge is 0.440 e. The van der Waals surface area contributed by atoms with E-state index in [4.69, 9.17) is 4.42 Å². The molecule has 0 saturated carbocycles. The Labute approximate surface area is 208 Å². The van der Waals surface area contributed by atoms with Crippen LogP contribution in [0.4, 0.5) is 29.1 Å². The number of halogens is 4. The lowest BCUT2D eigenvalue weighted by Gasteiger charge is -2.22. The van der Waals surface area contributed by atoms with E-state index in [1.165, 1.54) is 18.2 Å². The van der Waals surface area contributed by atoms with Crippen molar-refractivity contribution in [3.05, 3.63) is 105 Å². The van der Waals surface area contributed by atoms with E-state index in [0.717, 1.165) is 29.3 Å². The number of fused-ring (bicyclic) bond motifs is 2. The molecule has 3 N–H and O–H groups in total. The van der Waals surface area contributed by atoms with E-state index >= 15 is 0 Å². The molecule has 10 heteroatoms. The molecule has 0 amide bonds. The highest BCUT2D eigenvalue weighted by atomic mass is 19.4. The van der Waals surface area contributed by atoms with Gasteiger partial charge in [0.05, 0.1) is 17.0 Å². The van der Waals surface area contributed by atoms with E-state index in [9.17, 15) is 32.6 Å². The van der Waals surface area contributed by atoms with Crippen molar-refractivity contribution < 1.29 is 32.2 Å². The molecule has 0 spiro atoms. The molecule has 1 unspecified atom stereocenters. The predicted molar refractivity (Wildman–Crippen MR) is 129 cm³/mol. The molecule has 0 radical (unpaired) electrons. The summed E-state index contributed by atoms with van der Waals surface area (Å²) in [5.41, 5.74) is 0.386. The Balaban J connectivity index is 1.61. The van der Waals surface area contributed by atoms with E-state index in [1.807, 2.05) is 0 Å². The number of anilines is 2. The second-order valence-corrected chi connectivity index (χ2v) is 8.98. The summed E-state index contributed by atoms with van der Waals surface area (Å²) in [6, 6.07) is 12.6. The standard InChI is InChI=1S/C27H22F4N2O4/c1-14(32-22-5-3-2-4-19(22)26(35)36)20-9-17(27(29,30)31)10-21-23(34)11-24(37-25(20)21)33-12-15-6-7-18(28)8-16(15)13-33/h2-11,14,26,32,35-36H,12-13H2,1H3. The Morgan fingerprint density at radius 3 is 2.43 bits per heavy atom. The number of nitrogens with zero attached hydrogens (tertiary/aromatic N) is 1. The van der Waals surface area contributed by atoms with Crippen molar-refractivity contribution in [2.45, 2.75) is 38.5 Å². The van der Waals surface area contributed by atoms with Crippen LogP contribution in [0.5, 0.6) is 0 Å². The molecule has 1 aliphatic heterocycles. The molecule has 0 aliphatic carbocycles. The van der Waals surface area contributed by atoms with Crippen LogP contribution in [0.1, 0.15) is 47.1 Å². The van der Waals surface area contributed by atoms with E-state index in [0.29, 0.717) is 12.2 Å². The maximum atomic E-state index is 13.7. The van der Waals surface area contributed by atoms with E-state index in [1.54, 1.807) is 36.1 Å². The van der Waals surface area contributed by atoms with Gasteiger partial charge in [-0.3, -0.25) is 4.79 Å². The van der Waals surface area contributed by atoms with Gasteiger partial charge in [0.25, 0.3) is 0 Å². The van der Waals surface area contributed by atoms with Crippen molar-refractivity contribution in [3.63, 3.8) is 0 Å². The van der Waals surface area contributed by atoms with Crippen LogP contribution in [0.2, 0.25) is 0 Å². The van der Waals surface area contributed by atoms with Gasteiger partial charge in [-0.1, -0.05) is 24.3 Å². The van der Waals surface area contributed by atoms with Gasteiger partial charge in [0.2, 0.25) is 5.88 Å². The Morgan fingerprint density at radius 2 is 1.70 bits per heavy atom. The van der Waals surface area contributed by atoms with Crippen molar-refractivity contribution in [2.24, 2.45) is 0 Å². The van der Waals surface area contributed by atoms with Crippen LogP contribution < -0.4 is 15.6 Å². The number of aliphatic hydroxyl groups is 2. The molecule has 192 valence electrons. The molecule has 1 atom stereocenters. The lowest BCUT2D eigenvalue weighted by atomic mass is 9.99. The third kappa shape index (κ3) is 4.77. The summed E-state index contributed by atoms with van der Waals surface area (Å²) in [6.07, 6.45) is -6.52. The van der Waals surface area contributed by atoms with Gasteiger partial charge < -0.3 is 24.8 Å². The van der Waals surface area contributed by atoms with Crippen molar-refractivity contribution in [1.29, 1.82) is 0 Å². The topological polar surface area (TPSA) is 85.9 Å². The van der Waals surface area contributed by atoms with Crippen molar-refractivity contribution >= 4 is 22.5 Å². The number of alkyl halides is 3. The van der Waals surface area contributed by atoms with Crippen LogP contribution in [0.25, 0.3) is 11.0 Å². The summed E-state index contributed by atoms with van der Waals surface area (Å²) < 4.78 is 60.9. The summed E-state index contributed by atoms with van der Waals surface area (Å²) in [7, 11) is 0. The van der Waals surface area contributed by atoms with Gasteiger partial charge >= 0.3 is 6.18 Å². The van der Waals surface area contributed by atoms with Crippen molar-refractivity contribution in [2.75, 3.05) is 10.2 Å². The fourth-order valence-corrected chi connectivity index (χ4v) is 4.60. The minimum Gasteiger partial charge on any atom is -0.440 e. The van der Waals surface area contributed by atoms with E-state index in [-0.39, 0.29) is 34.5 Å². The highest BCUT2D eigenvalue weighted by Gasteiger charge is 2.33. The Bertz CT molecular complexity index is 1550. The molecule has 0 bridgehead atoms. The quantitative estimate of drug-likeness (QED) is 0.237. The van der Waals surface area contributed by atoms with Crippen molar-refractivity contribution in [3.8, 4) is 0 Å². The molecule has 0 fully saturated rings. The van der Waals surface area contributed by atoms with Gasteiger partial charge in [0.1, 0.15) is 11.4 Å². The SMILES string of the molecule is CC(Nc1ccccc1C(O)O)c1cc(C(F)(F)F)cc2c(=O)cc(N3Cc4ccc(F)cc4C3)oc12. The maximum Gasteiger partial charge on any atom is 0.416 e. The number of nitrogens with one attached hydrogen (secondary N) is 1. The lowest BCUT2D eigenvalue weighted by molar-refractivity contribution is -0.137. The van der Waals surface area contributed by atoms with Crippen LogP contribution in [0.15, 0.2) is 69.9 Å². The normalized spacial score (nSPS) is 14.3. The fourth-order valence-electron chi connectivity index (χ4n) is 4.60. The molecule has 5 rings (SSSR count). The van der Waals surface area contributed by atoms with Gasteiger partial charge in [0.15, 0.2) is 11.7 Å². The first-order valence-corrected chi connectivity index (χ1v) is 11.4. The summed E-state index contributed by atoms with van der Waals surface area (Å²) >= 11 is 0. The van der Waals surface area contributed by atoms with Crippen LogP contribution in [0.3, 0.4) is 0 Å². The molecular formula is C27H22F4N2O4. The summed E-state index contributed by atoms with van der Waals surface area (Å²) in [4.78, 5) is 14.7. The second-order valence-electron chi connectivity index (χ2n) is 8.98. The van der Waals surface area contributed by atoms with Gasteiger partial charge in [-0.25, -0.2) is 4.39 Å². The number of rotatable bonds is 5. The number of benzene rings is 3. The zero-order chi connectivity index (χ0) is 26.5. The summed E-state index contributed by atoms with van der Waals surface area (Å²) in [5, 5.41) is 22.1. The smallest absolute Gasteiger partial charge is 0.416 e. The van der Waals surface area contributed by atoms with Crippen LogP contribution in [-0.4, -0.2) is 10.2 Å². The van der Waals surface area contributed by atoms with Gasteiger partial charge in [-0.05, 0) is 48.4 Å². The maximum absolute atomic E-state index is 13.7. The fraction of sp³-hybridized carbons (Fsp3) is 0.222. The average molecular weight is 514 g/mol. The lowest BCUT2D eigenvalue weighted by Crippen LogP contribution is -2.18. The van der Waals surface area contributed by atoms with Gasteiger partial charge in [0, 0.05) is 36.0 Å². The highest BCUT2D eigenvalue weighted by molar-refractivity contribution is 5.83. The van der Waals surface area contributed by atoms with Crippen LogP contribution >= 0.6 is 0 Å². The molecular weight excluding hydrogens is 492 g/mol. The monoisotopic (exact) mass is 514 g/mol. The number of hydrogen-bond acceptors (Lipinski definition) is 6. The molecule has 6 nitrogen and oxygen atoms in total. The molecule has 3 aromatic carbocycles. The van der Waals surface area contributed by atoms with E-state index in [2.05, 4.69) is 5.32 Å². The van der Waals surface area contributed by atoms with Crippen LogP contribution in [0, 0.1) is 5.82 Å². The zero-order valence-corrected chi connectivity index (χ0v) is 19.5. The first kappa shape index (κ1) is 24.8. The number of hydrogen-bond donors (Lipinski definition) is 3. The molecule has 37 heavy (non-hydrogen) atoms.